The van der Waals surface area contributed by atoms with E-state index in [1.54, 1.807) is 42.7 Å². The lowest BCUT2D eigenvalue weighted by Crippen LogP contribution is -2.26. The molecule has 0 unspecified atom stereocenters. The van der Waals surface area contributed by atoms with E-state index in [1.807, 2.05) is 53.4 Å². The molecule has 31 heavy (non-hydrogen) atoms. The highest BCUT2D eigenvalue weighted by molar-refractivity contribution is 5.65. The number of pyridine rings is 2. The van der Waals surface area contributed by atoms with Crippen molar-refractivity contribution < 1.29 is 0 Å². The van der Waals surface area contributed by atoms with Gasteiger partial charge in [-0.15, -0.1) is 0 Å². The number of nitriles is 2. The Kier molecular flexibility index (Phi) is 5.55. The van der Waals surface area contributed by atoms with Gasteiger partial charge in [0.05, 0.1) is 41.2 Å². The van der Waals surface area contributed by atoms with E-state index >= 15 is 0 Å². The third kappa shape index (κ3) is 4.19. The zero-order chi connectivity index (χ0) is 21.6. The van der Waals surface area contributed by atoms with Crippen LogP contribution in [0, 0.1) is 22.7 Å². The smallest absolute Gasteiger partial charge is 0.136 e. The van der Waals surface area contributed by atoms with Gasteiger partial charge in [0.25, 0.3) is 0 Å². The molecule has 2 heterocycles. The van der Waals surface area contributed by atoms with Gasteiger partial charge in [-0.05, 0) is 59.7 Å². The van der Waals surface area contributed by atoms with Gasteiger partial charge in [-0.25, -0.2) is 4.98 Å². The second kappa shape index (κ2) is 8.77. The minimum atomic E-state index is -0.293. The molecular weight excluding hydrogens is 384 g/mol. The van der Waals surface area contributed by atoms with Crippen LogP contribution in [0.4, 0.5) is 17.3 Å². The van der Waals surface area contributed by atoms with Crippen LogP contribution in [-0.4, -0.2) is 9.97 Å². The number of nitrogens with two attached hydrogens (primary N) is 1. The third-order valence-corrected chi connectivity index (χ3v) is 4.90. The van der Waals surface area contributed by atoms with Crippen LogP contribution in [0.3, 0.4) is 0 Å². The van der Waals surface area contributed by atoms with E-state index in [0.29, 0.717) is 22.8 Å². The van der Waals surface area contributed by atoms with Gasteiger partial charge in [0.15, 0.2) is 0 Å². The summed E-state index contributed by atoms with van der Waals surface area (Å²) in [5, 5.41) is 18.4. The Hall–Kier alpha value is -4.68. The van der Waals surface area contributed by atoms with Gasteiger partial charge in [0, 0.05) is 6.20 Å². The lowest BCUT2D eigenvalue weighted by Gasteiger charge is -2.33. The van der Waals surface area contributed by atoms with E-state index in [0.717, 1.165) is 16.8 Å². The Morgan fingerprint density at radius 1 is 0.774 bits per heavy atom. The minimum absolute atomic E-state index is 0.293. The van der Waals surface area contributed by atoms with Crippen molar-refractivity contribution >= 4 is 17.3 Å². The topological polar surface area (TPSA) is 103 Å². The quantitative estimate of drug-likeness (QED) is 0.518. The van der Waals surface area contributed by atoms with Crippen LogP contribution in [-0.2, 0) is 0 Å². The monoisotopic (exact) mass is 402 g/mol. The van der Waals surface area contributed by atoms with Gasteiger partial charge in [0.2, 0.25) is 0 Å². The molecule has 0 aliphatic heterocycles. The molecule has 6 nitrogen and oxygen atoms in total. The summed E-state index contributed by atoms with van der Waals surface area (Å²) < 4.78 is 0. The highest BCUT2D eigenvalue weighted by Crippen LogP contribution is 2.38. The Balaban J connectivity index is 1.94. The summed E-state index contributed by atoms with van der Waals surface area (Å²) >= 11 is 0. The molecule has 148 valence electrons. The molecule has 0 bridgehead atoms. The van der Waals surface area contributed by atoms with Crippen molar-refractivity contribution in [2.45, 2.75) is 6.04 Å². The van der Waals surface area contributed by atoms with E-state index in [2.05, 4.69) is 22.1 Å². The molecule has 0 aliphatic rings. The normalized spacial score (nSPS) is 10.3. The Labute approximate surface area is 180 Å². The summed E-state index contributed by atoms with van der Waals surface area (Å²) in [6.07, 6.45) is 3.48. The largest absolute Gasteiger partial charge is 0.384 e. The molecule has 0 spiro atoms. The molecule has 0 saturated carbocycles. The van der Waals surface area contributed by atoms with Crippen LogP contribution in [0.5, 0.6) is 0 Å². The average molecular weight is 402 g/mol. The van der Waals surface area contributed by atoms with Crippen molar-refractivity contribution in [2.24, 2.45) is 0 Å². The molecule has 0 saturated heterocycles. The molecule has 0 aliphatic carbocycles. The lowest BCUT2D eigenvalue weighted by atomic mass is 9.95. The maximum atomic E-state index is 9.21. The van der Waals surface area contributed by atoms with Crippen LogP contribution in [0.1, 0.15) is 28.3 Å². The van der Waals surface area contributed by atoms with Crippen molar-refractivity contribution in [1.29, 1.82) is 10.5 Å². The summed E-state index contributed by atoms with van der Waals surface area (Å²) in [5.74, 6) is 1.07. The van der Waals surface area contributed by atoms with E-state index in [1.165, 1.54) is 0 Å². The Bertz CT molecular complexity index is 1200. The van der Waals surface area contributed by atoms with Gasteiger partial charge >= 0.3 is 0 Å². The number of anilines is 3. The van der Waals surface area contributed by atoms with Crippen molar-refractivity contribution in [3.63, 3.8) is 0 Å². The first kappa shape index (κ1) is 19.6. The standard InChI is InChI=1S/C25H18N6/c26-15-18-6-10-20(11-7-18)25(21-12-8-19(16-27)9-13-21)31(22-3-2-14-29-17-22)24-5-1-4-23(28)30-24/h1-14,17,25H,(H2,28,30). The van der Waals surface area contributed by atoms with Gasteiger partial charge in [0.1, 0.15) is 11.6 Å². The SMILES string of the molecule is N#Cc1ccc(C(c2ccc(C#N)cc2)N(c2cccnc2)c2cccc(N)n2)cc1. The van der Waals surface area contributed by atoms with Crippen molar-refractivity contribution in [3.05, 3.63) is 114 Å². The van der Waals surface area contributed by atoms with Gasteiger partial charge in [-0.2, -0.15) is 10.5 Å². The first-order valence-electron chi connectivity index (χ1n) is 9.61. The number of benzene rings is 2. The van der Waals surface area contributed by atoms with E-state index in [-0.39, 0.29) is 6.04 Å². The molecule has 6 heteroatoms. The zero-order valence-corrected chi connectivity index (χ0v) is 16.6. The fourth-order valence-corrected chi connectivity index (χ4v) is 3.45. The maximum absolute atomic E-state index is 9.21. The second-order valence-electron chi connectivity index (χ2n) is 6.87. The second-order valence-corrected chi connectivity index (χ2v) is 6.87. The number of nitrogens with zero attached hydrogens (tertiary/aromatic N) is 5. The van der Waals surface area contributed by atoms with Gasteiger partial charge in [-0.1, -0.05) is 30.3 Å². The zero-order valence-electron chi connectivity index (χ0n) is 16.6. The molecule has 2 aromatic carbocycles. The molecule has 0 amide bonds. The van der Waals surface area contributed by atoms with Gasteiger partial charge < -0.3 is 10.6 Å². The molecule has 0 radical (unpaired) electrons. The summed E-state index contributed by atoms with van der Waals surface area (Å²) in [4.78, 5) is 10.9. The van der Waals surface area contributed by atoms with Crippen molar-refractivity contribution in [1.82, 2.24) is 9.97 Å². The van der Waals surface area contributed by atoms with E-state index in [9.17, 15) is 10.5 Å². The number of aromatic nitrogens is 2. The van der Waals surface area contributed by atoms with Crippen molar-refractivity contribution in [2.75, 3.05) is 10.6 Å². The first-order valence-corrected chi connectivity index (χ1v) is 9.61. The van der Waals surface area contributed by atoms with E-state index in [4.69, 9.17) is 5.73 Å². The number of rotatable bonds is 5. The molecule has 4 aromatic rings. The fourth-order valence-electron chi connectivity index (χ4n) is 3.45. The third-order valence-electron chi connectivity index (χ3n) is 4.90. The minimum Gasteiger partial charge on any atom is -0.384 e. The van der Waals surface area contributed by atoms with Crippen LogP contribution in [0.15, 0.2) is 91.3 Å². The summed E-state index contributed by atoms with van der Waals surface area (Å²) in [7, 11) is 0. The van der Waals surface area contributed by atoms with Crippen LogP contribution >= 0.6 is 0 Å². The fraction of sp³-hybridized carbons (Fsp3) is 0.0400. The van der Waals surface area contributed by atoms with Crippen molar-refractivity contribution in [3.8, 4) is 12.1 Å². The predicted molar refractivity (Wildman–Crippen MR) is 119 cm³/mol. The average Bonchev–Trinajstić information content (AvgIpc) is 2.83. The summed E-state index contributed by atoms with van der Waals surface area (Å²) in [6.45, 7) is 0. The number of hydrogen-bond acceptors (Lipinski definition) is 6. The molecule has 4 rings (SSSR count). The summed E-state index contributed by atoms with van der Waals surface area (Å²) in [6, 6.07) is 28.2. The van der Waals surface area contributed by atoms with Gasteiger partial charge in [-0.3, -0.25) is 4.98 Å². The highest BCUT2D eigenvalue weighted by atomic mass is 15.2. The highest BCUT2D eigenvalue weighted by Gasteiger charge is 2.26. The molecule has 2 aromatic heterocycles. The van der Waals surface area contributed by atoms with Crippen LogP contribution in [0.2, 0.25) is 0 Å². The first-order chi connectivity index (χ1) is 15.2. The molecular formula is C25H18N6. The Morgan fingerprint density at radius 2 is 1.39 bits per heavy atom. The molecule has 0 atom stereocenters. The molecule has 2 N–H and O–H groups in total. The Morgan fingerprint density at radius 3 is 1.87 bits per heavy atom. The lowest BCUT2D eigenvalue weighted by molar-refractivity contribution is 0.804. The van der Waals surface area contributed by atoms with E-state index < -0.39 is 0 Å². The number of nitrogen functional groups attached to an aromatic ring is 1. The molecule has 0 fully saturated rings. The predicted octanol–water partition coefficient (Wildman–Crippen LogP) is 4.73. The van der Waals surface area contributed by atoms with Crippen LogP contribution in [0.25, 0.3) is 0 Å². The van der Waals surface area contributed by atoms with Crippen LogP contribution < -0.4 is 10.6 Å². The maximum Gasteiger partial charge on any atom is 0.136 e. The number of hydrogen-bond donors (Lipinski definition) is 1. The summed E-state index contributed by atoms with van der Waals surface area (Å²) in [5.41, 5.74) is 9.91.